The molecule has 29 heavy (non-hydrogen) atoms. The molecule has 0 saturated carbocycles. The minimum absolute atomic E-state index is 0.0997. The lowest BCUT2D eigenvalue weighted by Gasteiger charge is -2.37. The molecular formula is C19H31N5O3S2. The van der Waals surface area contributed by atoms with Crippen LogP contribution in [0, 0.1) is 0 Å². The van der Waals surface area contributed by atoms with Crippen LogP contribution in [-0.4, -0.2) is 101 Å². The van der Waals surface area contributed by atoms with Gasteiger partial charge in [0.25, 0.3) is 0 Å². The zero-order chi connectivity index (χ0) is 20.7. The lowest BCUT2D eigenvalue weighted by molar-refractivity contribution is 0.373. The zero-order valence-corrected chi connectivity index (χ0v) is 18.8. The number of anilines is 1. The summed E-state index contributed by atoms with van der Waals surface area (Å²) in [5.41, 5.74) is 1.18. The van der Waals surface area contributed by atoms with Gasteiger partial charge in [-0.05, 0) is 24.3 Å². The van der Waals surface area contributed by atoms with Crippen LogP contribution in [0.3, 0.4) is 0 Å². The Morgan fingerprint density at radius 3 is 2.34 bits per heavy atom. The number of piperazine rings is 1. The number of methoxy groups -OCH3 is 1. The fourth-order valence-electron chi connectivity index (χ4n) is 3.55. The van der Waals surface area contributed by atoms with E-state index in [2.05, 4.69) is 32.2 Å². The van der Waals surface area contributed by atoms with E-state index in [9.17, 15) is 8.42 Å². The fourth-order valence-corrected chi connectivity index (χ4v) is 6.04. The van der Waals surface area contributed by atoms with Crippen molar-refractivity contribution in [1.82, 2.24) is 14.5 Å². The van der Waals surface area contributed by atoms with Gasteiger partial charge in [-0.3, -0.25) is 4.99 Å². The molecule has 10 heteroatoms. The molecule has 2 heterocycles. The molecule has 0 spiro atoms. The molecule has 0 bridgehead atoms. The summed E-state index contributed by atoms with van der Waals surface area (Å²) in [4.78, 5) is 8.87. The summed E-state index contributed by atoms with van der Waals surface area (Å²) in [7, 11) is 0.211. The van der Waals surface area contributed by atoms with Crippen molar-refractivity contribution in [3.05, 3.63) is 24.3 Å². The Kier molecular flexibility index (Phi) is 7.91. The number of aliphatic imine (C=N–C) groups is 1. The Balaban J connectivity index is 1.46. The number of hydrogen-bond donors (Lipinski definition) is 1. The third-order valence-electron chi connectivity index (χ3n) is 5.24. The first kappa shape index (κ1) is 22.0. The molecule has 0 unspecified atom stereocenters. The number of ether oxygens (including phenoxy) is 1. The first-order valence-corrected chi connectivity index (χ1v) is 12.7. The largest absolute Gasteiger partial charge is 0.497 e. The first-order valence-electron chi connectivity index (χ1n) is 9.93. The summed E-state index contributed by atoms with van der Waals surface area (Å²) in [6.45, 7) is 5.05. The number of rotatable bonds is 6. The van der Waals surface area contributed by atoms with Gasteiger partial charge >= 0.3 is 0 Å². The average molecular weight is 442 g/mol. The molecular weight excluding hydrogens is 410 g/mol. The summed E-state index contributed by atoms with van der Waals surface area (Å²) in [5, 5.41) is 3.23. The number of benzene rings is 1. The second-order valence-electron chi connectivity index (χ2n) is 6.97. The number of nitrogens with zero attached hydrogens (tertiary/aromatic N) is 4. The van der Waals surface area contributed by atoms with E-state index in [0.717, 1.165) is 49.4 Å². The topological polar surface area (TPSA) is 77.5 Å². The van der Waals surface area contributed by atoms with Crippen molar-refractivity contribution in [2.24, 2.45) is 4.99 Å². The second-order valence-corrected chi connectivity index (χ2v) is 10.3. The van der Waals surface area contributed by atoms with Crippen LogP contribution in [-0.2, 0) is 10.0 Å². The molecule has 0 atom stereocenters. The van der Waals surface area contributed by atoms with Crippen molar-refractivity contribution < 1.29 is 13.2 Å². The first-order chi connectivity index (χ1) is 14.0. The standard InChI is InChI=1S/C19H31N5O3S2/c1-20-19(21-7-16-29(25,26)24-12-14-28-15-13-24)23-10-8-22(9-11-23)17-3-5-18(27-2)6-4-17/h3-6H,7-16H2,1-2H3,(H,20,21). The predicted molar refractivity (Wildman–Crippen MR) is 121 cm³/mol. The molecule has 2 aliphatic rings. The average Bonchev–Trinajstić information content (AvgIpc) is 2.77. The Hall–Kier alpha value is -1.65. The number of thioether (sulfide) groups is 1. The van der Waals surface area contributed by atoms with Gasteiger partial charge in [-0.25, -0.2) is 12.7 Å². The fraction of sp³-hybridized carbons (Fsp3) is 0.632. The van der Waals surface area contributed by atoms with E-state index >= 15 is 0 Å². The summed E-state index contributed by atoms with van der Waals surface area (Å²) in [6, 6.07) is 8.10. The monoisotopic (exact) mass is 441 g/mol. The van der Waals surface area contributed by atoms with Gasteiger partial charge in [0.15, 0.2) is 5.96 Å². The van der Waals surface area contributed by atoms with Crippen molar-refractivity contribution >= 4 is 33.4 Å². The quantitative estimate of drug-likeness (QED) is 0.516. The van der Waals surface area contributed by atoms with Crippen LogP contribution in [0.4, 0.5) is 5.69 Å². The van der Waals surface area contributed by atoms with Gasteiger partial charge in [0.05, 0.1) is 12.9 Å². The SMILES string of the molecule is CN=C(NCCS(=O)(=O)N1CCSCC1)N1CCN(c2ccc(OC)cc2)CC1. The number of guanidine groups is 1. The van der Waals surface area contributed by atoms with E-state index in [1.54, 1.807) is 18.5 Å². The van der Waals surface area contributed by atoms with Gasteiger partial charge in [0.2, 0.25) is 10.0 Å². The Labute approximate surface area is 178 Å². The van der Waals surface area contributed by atoms with Crippen molar-refractivity contribution in [1.29, 1.82) is 0 Å². The van der Waals surface area contributed by atoms with E-state index in [-0.39, 0.29) is 5.75 Å². The molecule has 162 valence electrons. The summed E-state index contributed by atoms with van der Waals surface area (Å²) < 4.78 is 31.8. The highest BCUT2D eigenvalue weighted by Gasteiger charge is 2.24. The van der Waals surface area contributed by atoms with Crippen LogP contribution >= 0.6 is 11.8 Å². The van der Waals surface area contributed by atoms with E-state index in [0.29, 0.717) is 19.6 Å². The summed E-state index contributed by atoms with van der Waals surface area (Å²) >= 11 is 1.81. The predicted octanol–water partition coefficient (Wildman–Crippen LogP) is 0.771. The maximum atomic E-state index is 12.5. The molecule has 1 aromatic rings. The molecule has 8 nitrogen and oxygen atoms in total. The number of nitrogens with one attached hydrogen (secondary N) is 1. The highest BCUT2D eigenvalue weighted by Crippen LogP contribution is 2.20. The zero-order valence-electron chi connectivity index (χ0n) is 17.2. The van der Waals surface area contributed by atoms with Gasteiger partial charge in [-0.1, -0.05) is 0 Å². The van der Waals surface area contributed by atoms with Gasteiger partial charge in [0.1, 0.15) is 5.75 Å². The highest BCUT2D eigenvalue weighted by atomic mass is 32.2. The molecule has 3 rings (SSSR count). The molecule has 0 radical (unpaired) electrons. The smallest absolute Gasteiger partial charge is 0.215 e. The maximum Gasteiger partial charge on any atom is 0.215 e. The minimum atomic E-state index is -3.20. The molecule has 2 aliphatic heterocycles. The third kappa shape index (κ3) is 5.93. The maximum absolute atomic E-state index is 12.5. The van der Waals surface area contributed by atoms with Crippen LogP contribution in [0.5, 0.6) is 5.75 Å². The van der Waals surface area contributed by atoms with E-state index < -0.39 is 10.0 Å². The van der Waals surface area contributed by atoms with Crippen molar-refractivity contribution in [3.8, 4) is 5.75 Å². The Morgan fingerprint density at radius 1 is 1.10 bits per heavy atom. The Bertz CT molecular complexity index is 772. The van der Waals surface area contributed by atoms with E-state index in [1.165, 1.54) is 5.69 Å². The lowest BCUT2D eigenvalue weighted by atomic mass is 10.2. The molecule has 0 aromatic heterocycles. The Morgan fingerprint density at radius 2 is 1.76 bits per heavy atom. The van der Waals surface area contributed by atoms with Crippen molar-refractivity contribution in [2.75, 3.05) is 82.1 Å². The second kappa shape index (κ2) is 10.4. The van der Waals surface area contributed by atoms with Gasteiger partial charge < -0.3 is 19.9 Å². The molecule has 2 saturated heterocycles. The van der Waals surface area contributed by atoms with Crippen LogP contribution in [0.15, 0.2) is 29.3 Å². The van der Waals surface area contributed by atoms with Crippen LogP contribution in [0.1, 0.15) is 0 Å². The van der Waals surface area contributed by atoms with E-state index in [1.807, 2.05) is 23.9 Å². The summed E-state index contributed by atoms with van der Waals surface area (Å²) in [6.07, 6.45) is 0. The van der Waals surface area contributed by atoms with Crippen LogP contribution in [0.25, 0.3) is 0 Å². The van der Waals surface area contributed by atoms with Crippen LogP contribution in [0.2, 0.25) is 0 Å². The molecule has 2 fully saturated rings. The van der Waals surface area contributed by atoms with Crippen molar-refractivity contribution in [2.45, 2.75) is 0 Å². The van der Waals surface area contributed by atoms with Gasteiger partial charge in [-0.2, -0.15) is 11.8 Å². The third-order valence-corrected chi connectivity index (χ3v) is 8.05. The van der Waals surface area contributed by atoms with Gasteiger partial charge in [-0.15, -0.1) is 0 Å². The number of hydrogen-bond acceptors (Lipinski definition) is 6. The summed E-state index contributed by atoms with van der Waals surface area (Å²) in [5.74, 6) is 3.49. The van der Waals surface area contributed by atoms with E-state index in [4.69, 9.17) is 4.74 Å². The van der Waals surface area contributed by atoms with Crippen LogP contribution < -0.4 is 15.0 Å². The minimum Gasteiger partial charge on any atom is -0.497 e. The molecule has 0 aliphatic carbocycles. The number of sulfonamides is 1. The molecule has 1 N–H and O–H groups in total. The normalized spacial score (nSPS) is 19.3. The van der Waals surface area contributed by atoms with Gasteiger partial charge in [0, 0.05) is 70.1 Å². The molecule has 1 aromatic carbocycles. The van der Waals surface area contributed by atoms with Crippen molar-refractivity contribution in [3.63, 3.8) is 0 Å². The lowest BCUT2D eigenvalue weighted by Crippen LogP contribution is -2.53. The molecule has 0 amide bonds. The highest BCUT2D eigenvalue weighted by molar-refractivity contribution is 7.99.